The molecule has 0 bridgehead atoms. The molecule has 0 fully saturated rings. The van der Waals surface area contributed by atoms with Crippen molar-refractivity contribution in [3.8, 4) is 0 Å². The summed E-state index contributed by atoms with van der Waals surface area (Å²) in [5, 5.41) is 0.828. The van der Waals surface area contributed by atoms with E-state index < -0.39 is 0 Å². The number of benzene rings is 1. The lowest BCUT2D eigenvalue weighted by Crippen LogP contribution is -1.76. The molecule has 0 N–H and O–H groups in total. The Morgan fingerprint density at radius 1 is 1.40 bits per heavy atom. The molecule has 0 spiro atoms. The molecule has 0 amide bonds. The zero-order chi connectivity index (χ0) is 6.69. The topological polar surface area (TPSA) is 0 Å². The van der Waals surface area contributed by atoms with Crippen molar-refractivity contribution in [2.45, 2.75) is 13.3 Å². The summed E-state index contributed by atoms with van der Waals surface area (Å²) in [6.07, 6.45) is 1.06. The minimum atomic E-state index is 0. The van der Waals surface area contributed by atoms with E-state index in [0.29, 0.717) is 0 Å². The van der Waals surface area contributed by atoms with Gasteiger partial charge in [0.05, 0.1) is 0 Å². The average Bonchev–Trinajstić information content (AvgIpc) is 1.88. The Hall–Kier alpha value is -0.425. The van der Waals surface area contributed by atoms with Gasteiger partial charge in [-0.2, -0.15) is 0 Å². The highest BCUT2D eigenvalue weighted by atomic mass is 35.5. The van der Waals surface area contributed by atoms with Crippen LogP contribution in [0.2, 0.25) is 5.02 Å². The van der Waals surface area contributed by atoms with Gasteiger partial charge in [-0.15, -0.1) is 0 Å². The van der Waals surface area contributed by atoms with Crippen LogP contribution >= 0.6 is 11.6 Å². The fourth-order valence-electron chi connectivity index (χ4n) is 0.757. The van der Waals surface area contributed by atoms with E-state index in [-0.39, 0.29) is 8.41 Å². The third-order valence-corrected chi connectivity index (χ3v) is 1.53. The Kier molecular flexibility index (Phi) is 4.21. The van der Waals surface area contributed by atoms with Crippen molar-refractivity contribution in [1.82, 2.24) is 0 Å². The molecule has 0 aliphatic heterocycles. The van der Waals surface area contributed by atoms with Crippen LogP contribution in [-0.2, 0) is 6.42 Å². The van der Waals surface area contributed by atoms with E-state index in [2.05, 4.69) is 13.0 Å². The third-order valence-electron chi connectivity index (χ3n) is 1.30. The van der Waals surface area contributed by atoms with Gasteiger partial charge >= 0.3 is 0 Å². The van der Waals surface area contributed by atoms with Gasteiger partial charge in [0.25, 0.3) is 0 Å². The second kappa shape index (κ2) is 4.40. The summed E-state index contributed by atoms with van der Waals surface area (Å²) in [6, 6.07) is 7.93. The highest BCUT2D eigenvalue weighted by Crippen LogP contribution is 2.10. The first-order valence-electron chi connectivity index (χ1n) is 3.07. The maximum absolute atomic E-state index is 5.72. The highest BCUT2D eigenvalue weighted by molar-refractivity contribution is 6.30. The van der Waals surface area contributed by atoms with Gasteiger partial charge in [-0.25, -0.2) is 0 Å². The van der Waals surface area contributed by atoms with Crippen molar-refractivity contribution < 1.29 is 0 Å². The zero-order valence-corrected chi connectivity index (χ0v) is 6.86. The molecule has 0 heterocycles. The summed E-state index contributed by atoms with van der Waals surface area (Å²) in [7, 11) is 0. The predicted molar refractivity (Wildman–Crippen MR) is 48.0 cm³/mol. The van der Waals surface area contributed by atoms with Crippen LogP contribution in [0.3, 0.4) is 0 Å². The molecule has 2 heteroatoms. The van der Waals surface area contributed by atoms with Gasteiger partial charge in [-0.3, -0.25) is 0 Å². The Bertz CT molecular complexity index is 198. The van der Waals surface area contributed by atoms with E-state index in [1.807, 2.05) is 18.2 Å². The number of rotatable bonds is 1. The number of aryl methyl sites for hydroxylation is 1. The molecule has 1 aromatic rings. The number of hydrogen-bond donors (Lipinski definition) is 0. The van der Waals surface area contributed by atoms with Gasteiger partial charge in [-0.1, -0.05) is 30.7 Å². The summed E-state index contributed by atoms with van der Waals surface area (Å²) >= 11 is 5.72. The first-order valence-corrected chi connectivity index (χ1v) is 3.45. The summed E-state index contributed by atoms with van der Waals surface area (Å²) in [6.45, 7) is 2.12. The van der Waals surface area contributed by atoms with Crippen LogP contribution in [0.5, 0.6) is 0 Å². The van der Waals surface area contributed by atoms with Crippen molar-refractivity contribution in [3.63, 3.8) is 0 Å². The van der Waals surface area contributed by atoms with E-state index in [1.165, 1.54) is 5.56 Å². The average molecular weight is 152 g/mol. The summed E-state index contributed by atoms with van der Waals surface area (Å²) in [5.41, 5.74) is 1.29. The molecular formula is C8H10BCl. The Morgan fingerprint density at radius 2 is 2.10 bits per heavy atom. The van der Waals surface area contributed by atoms with E-state index in [4.69, 9.17) is 11.6 Å². The Morgan fingerprint density at radius 3 is 2.50 bits per heavy atom. The van der Waals surface area contributed by atoms with Crippen molar-refractivity contribution in [1.29, 1.82) is 0 Å². The lowest BCUT2D eigenvalue weighted by atomic mass is 10.2. The van der Waals surface area contributed by atoms with Crippen LogP contribution in [0.4, 0.5) is 0 Å². The molecule has 0 aliphatic carbocycles. The predicted octanol–water partition coefficient (Wildman–Crippen LogP) is 2.25. The van der Waals surface area contributed by atoms with Crippen molar-refractivity contribution in [2.75, 3.05) is 0 Å². The number of hydrogen-bond acceptors (Lipinski definition) is 0. The monoisotopic (exact) mass is 152 g/mol. The van der Waals surface area contributed by atoms with Crippen molar-refractivity contribution in [2.24, 2.45) is 0 Å². The molecule has 0 aromatic heterocycles. The molecule has 2 radical (unpaired) electrons. The van der Waals surface area contributed by atoms with Gasteiger partial charge in [0, 0.05) is 13.4 Å². The van der Waals surface area contributed by atoms with Gasteiger partial charge < -0.3 is 0 Å². The summed E-state index contributed by atoms with van der Waals surface area (Å²) in [4.78, 5) is 0. The van der Waals surface area contributed by atoms with Gasteiger partial charge in [0.2, 0.25) is 0 Å². The normalized spacial score (nSPS) is 8.60. The quantitative estimate of drug-likeness (QED) is 0.542. The van der Waals surface area contributed by atoms with Crippen LogP contribution in [0, 0.1) is 0 Å². The van der Waals surface area contributed by atoms with Crippen LogP contribution < -0.4 is 0 Å². The number of halogens is 1. The molecule has 0 saturated heterocycles. The molecular weight excluding hydrogens is 142 g/mol. The van der Waals surface area contributed by atoms with Gasteiger partial charge in [0.15, 0.2) is 0 Å². The summed E-state index contributed by atoms with van der Waals surface area (Å²) < 4.78 is 0. The second-order valence-corrected chi connectivity index (χ2v) is 2.42. The lowest BCUT2D eigenvalue weighted by molar-refractivity contribution is 1.14. The standard InChI is InChI=1S/C8H9Cl.BH/c1-2-7-4-3-5-8(9)6-7;/h3-6H,2H2,1H3;1H. The SMILES string of the molecule is CCc1cccc(Cl)c1.[BH]. The highest BCUT2D eigenvalue weighted by Gasteiger charge is 1.87. The van der Waals surface area contributed by atoms with Gasteiger partial charge in [-0.05, 0) is 24.1 Å². The largest absolute Gasteiger partial charge is 0.0843 e. The fourth-order valence-corrected chi connectivity index (χ4v) is 0.970. The van der Waals surface area contributed by atoms with Crippen LogP contribution in [-0.4, -0.2) is 8.41 Å². The fraction of sp³-hybridized carbons (Fsp3) is 0.250. The zero-order valence-electron chi connectivity index (χ0n) is 6.10. The first-order chi connectivity index (χ1) is 4.33. The molecule has 1 rings (SSSR count). The molecule has 10 heavy (non-hydrogen) atoms. The Balaban J connectivity index is 0.000000810. The van der Waals surface area contributed by atoms with E-state index >= 15 is 0 Å². The molecule has 0 saturated carbocycles. The molecule has 52 valence electrons. The van der Waals surface area contributed by atoms with E-state index in [9.17, 15) is 0 Å². The molecule has 1 aromatic carbocycles. The lowest BCUT2D eigenvalue weighted by Gasteiger charge is -1.93. The first kappa shape index (κ1) is 9.57. The minimum Gasteiger partial charge on any atom is -0.0843 e. The van der Waals surface area contributed by atoms with Gasteiger partial charge in [0.1, 0.15) is 0 Å². The van der Waals surface area contributed by atoms with E-state index in [0.717, 1.165) is 11.4 Å². The van der Waals surface area contributed by atoms with Crippen LogP contribution in [0.1, 0.15) is 12.5 Å². The second-order valence-electron chi connectivity index (χ2n) is 1.98. The summed E-state index contributed by atoms with van der Waals surface area (Å²) in [5.74, 6) is 0. The molecule has 0 atom stereocenters. The van der Waals surface area contributed by atoms with Crippen molar-refractivity contribution >= 4 is 20.0 Å². The Labute approximate surface area is 68.8 Å². The molecule has 0 nitrogen and oxygen atoms in total. The maximum atomic E-state index is 5.72. The molecule has 0 aliphatic rings. The maximum Gasteiger partial charge on any atom is 0.0408 e. The minimum absolute atomic E-state index is 0. The van der Waals surface area contributed by atoms with Crippen LogP contribution in [0.15, 0.2) is 24.3 Å². The van der Waals surface area contributed by atoms with Crippen LogP contribution in [0.25, 0.3) is 0 Å². The molecule has 0 unspecified atom stereocenters. The van der Waals surface area contributed by atoms with E-state index in [1.54, 1.807) is 0 Å². The van der Waals surface area contributed by atoms with Crippen molar-refractivity contribution in [3.05, 3.63) is 34.9 Å². The smallest absolute Gasteiger partial charge is 0.0408 e. The third kappa shape index (κ3) is 2.44.